The van der Waals surface area contributed by atoms with Crippen LogP contribution in [0.15, 0.2) is 102 Å². The molecule has 33 heavy (non-hydrogen) atoms. The summed E-state index contributed by atoms with van der Waals surface area (Å²) in [5.41, 5.74) is 9.39. The van der Waals surface area contributed by atoms with Crippen LogP contribution in [0.2, 0.25) is 0 Å². The summed E-state index contributed by atoms with van der Waals surface area (Å²) in [6.45, 7) is 0. The molecule has 1 aliphatic heterocycles. The second-order valence-corrected chi connectivity index (χ2v) is 8.91. The molecule has 3 heteroatoms. The highest BCUT2D eigenvalue weighted by atomic mass is 15.2. The molecule has 1 aromatic carbocycles. The zero-order valence-corrected chi connectivity index (χ0v) is 18.5. The minimum atomic E-state index is 0.344. The summed E-state index contributed by atoms with van der Waals surface area (Å²) in [7, 11) is 0. The summed E-state index contributed by atoms with van der Waals surface area (Å²) < 4.78 is 0. The maximum Gasteiger partial charge on any atom is 0.140 e. The Balaban J connectivity index is 1.39. The normalized spacial score (nSPS) is 23.1. The zero-order valence-electron chi connectivity index (χ0n) is 18.5. The number of nitriles is 1. The number of benzene rings is 1. The van der Waals surface area contributed by atoms with Gasteiger partial charge in [0.05, 0.1) is 6.04 Å². The first-order chi connectivity index (χ1) is 16.3. The minimum Gasteiger partial charge on any atom is -0.337 e. The number of anilines is 1. The Kier molecular flexibility index (Phi) is 4.92. The largest absolute Gasteiger partial charge is 0.337 e. The molecule has 0 N–H and O–H groups in total. The highest BCUT2D eigenvalue weighted by Gasteiger charge is 2.38. The van der Waals surface area contributed by atoms with Crippen molar-refractivity contribution in [3.63, 3.8) is 0 Å². The Hall–Kier alpha value is -3.90. The SMILES string of the molecule is N#Cc1ccc(C2=CCCC=C2c2cccc(N3C4=C(C=CCC4)C4C=CC=CC43)c2)cn1. The molecule has 0 amide bonds. The van der Waals surface area contributed by atoms with E-state index in [9.17, 15) is 0 Å². The zero-order chi connectivity index (χ0) is 22.2. The molecule has 4 aliphatic rings. The predicted molar refractivity (Wildman–Crippen MR) is 134 cm³/mol. The second-order valence-electron chi connectivity index (χ2n) is 8.91. The summed E-state index contributed by atoms with van der Waals surface area (Å²) in [6, 6.07) is 15.3. The van der Waals surface area contributed by atoms with Gasteiger partial charge in [0.25, 0.3) is 0 Å². The van der Waals surface area contributed by atoms with Gasteiger partial charge in [-0.3, -0.25) is 0 Å². The lowest BCUT2D eigenvalue weighted by atomic mass is 9.87. The van der Waals surface area contributed by atoms with Crippen molar-refractivity contribution in [1.82, 2.24) is 4.98 Å². The number of aromatic nitrogens is 1. The van der Waals surface area contributed by atoms with Crippen molar-refractivity contribution in [1.29, 1.82) is 5.26 Å². The quantitative estimate of drug-likeness (QED) is 0.544. The molecule has 1 aromatic heterocycles. The standard InChI is InChI=1S/C30H25N3/c31-19-23-17-16-22(20-32-23)26-11-2-1-10-25(26)21-8-7-9-24(18-21)33-29-14-5-3-12-27(29)28-13-4-6-15-30(28)33/h3-5,7-14,16-18,20,27,29H,1-2,6,15H2. The molecule has 0 spiro atoms. The van der Waals surface area contributed by atoms with E-state index in [0.717, 1.165) is 31.2 Å². The molecule has 0 saturated heterocycles. The molecule has 0 fully saturated rings. The van der Waals surface area contributed by atoms with E-state index in [0.29, 0.717) is 17.7 Å². The first kappa shape index (κ1) is 19.8. The van der Waals surface area contributed by atoms with Crippen molar-refractivity contribution in [2.45, 2.75) is 31.7 Å². The lowest BCUT2D eigenvalue weighted by Gasteiger charge is -2.31. The molecule has 0 radical (unpaired) electrons. The Morgan fingerprint density at radius 3 is 2.61 bits per heavy atom. The van der Waals surface area contributed by atoms with Crippen LogP contribution in [0.5, 0.6) is 0 Å². The van der Waals surface area contributed by atoms with Gasteiger partial charge in [-0.15, -0.1) is 0 Å². The third-order valence-electron chi connectivity index (χ3n) is 7.01. The van der Waals surface area contributed by atoms with Gasteiger partial charge >= 0.3 is 0 Å². The fourth-order valence-corrected chi connectivity index (χ4v) is 5.54. The van der Waals surface area contributed by atoms with Gasteiger partial charge in [0.2, 0.25) is 0 Å². The lowest BCUT2D eigenvalue weighted by Crippen LogP contribution is -2.32. The number of hydrogen-bond donors (Lipinski definition) is 0. The minimum absolute atomic E-state index is 0.344. The van der Waals surface area contributed by atoms with Gasteiger partial charge in [0.1, 0.15) is 11.8 Å². The number of hydrogen-bond acceptors (Lipinski definition) is 3. The Morgan fingerprint density at radius 2 is 1.79 bits per heavy atom. The molecule has 6 rings (SSSR count). The molecule has 2 atom stereocenters. The van der Waals surface area contributed by atoms with Crippen LogP contribution < -0.4 is 4.90 Å². The molecule has 2 unspecified atom stereocenters. The van der Waals surface area contributed by atoms with E-state index in [4.69, 9.17) is 5.26 Å². The predicted octanol–water partition coefficient (Wildman–Crippen LogP) is 6.75. The third kappa shape index (κ3) is 3.39. The van der Waals surface area contributed by atoms with Gasteiger partial charge in [-0.2, -0.15) is 5.26 Å². The van der Waals surface area contributed by atoms with E-state index >= 15 is 0 Å². The molecule has 3 aliphatic carbocycles. The molecule has 3 nitrogen and oxygen atoms in total. The van der Waals surface area contributed by atoms with Gasteiger partial charge in [0, 0.05) is 29.1 Å². The van der Waals surface area contributed by atoms with Crippen molar-refractivity contribution >= 4 is 16.8 Å². The summed E-state index contributed by atoms with van der Waals surface area (Å²) in [5, 5.41) is 9.11. The lowest BCUT2D eigenvalue weighted by molar-refractivity contribution is 0.681. The Bertz CT molecular complexity index is 1330. The Morgan fingerprint density at radius 1 is 0.939 bits per heavy atom. The average molecular weight is 428 g/mol. The number of pyridine rings is 1. The van der Waals surface area contributed by atoms with Crippen LogP contribution in [0, 0.1) is 17.2 Å². The van der Waals surface area contributed by atoms with Crippen molar-refractivity contribution in [3.8, 4) is 6.07 Å². The van der Waals surface area contributed by atoms with E-state index in [1.54, 1.807) is 6.07 Å². The summed E-state index contributed by atoms with van der Waals surface area (Å²) >= 11 is 0. The highest BCUT2D eigenvalue weighted by Crippen LogP contribution is 2.45. The second kappa shape index (κ2) is 8.22. The van der Waals surface area contributed by atoms with Crippen LogP contribution in [0.1, 0.15) is 42.5 Å². The summed E-state index contributed by atoms with van der Waals surface area (Å²) in [4.78, 5) is 6.87. The van der Waals surface area contributed by atoms with Crippen molar-refractivity contribution < 1.29 is 0 Å². The molecule has 2 heterocycles. The first-order valence-corrected chi connectivity index (χ1v) is 11.7. The van der Waals surface area contributed by atoms with Crippen LogP contribution in [0.4, 0.5) is 5.69 Å². The van der Waals surface area contributed by atoms with Crippen LogP contribution in [0.3, 0.4) is 0 Å². The molecular weight excluding hydrogens is 402 g/mol. The number of allylic oxidation sites excluding steroid dienone is 9. The number of fused-ring (bicyclic) bond motifs is 2. The van der Waals surface area contributed by atoms with Crippen LogP contribution in [0.25, 0.3) is 11.1 Å². The maximum absolute atomic E-state index is 9.11. The molecule has 2 aromatic rings. The highest BCUT2D eigenvalue weighted by molar-refractivity contribution is 6.05. The van der Waals surface area contributed by atoms with Crippen molar-refractivity contribution in [2.24, 2.45) is 5.92 Å². The van der Waals surface area contributed by atoms with E-state index in [1.807, 2.05) is 12.3 Å². The maximum atomic E-state index is 9.11. The van der Waals surface area contributed by atoms with Gasteiger partial charge < -0.3 is 4.90 Å². The fourth-order valence-electron chi connectivity index (χ4n) is 5.54. The van der Waals surface area contributed by atoms with Gasteiger partial charge in [-0.05, 0) is 72.2 Å². The van der Waals surface area contributed by atoms with E-state index in [2.05, 4.69) is 88.8 Å². The molecule has 0 saturated carbocycles. The summed E-state index contributed by atoms with van der Waals surface area (Å²) in [6.07, 6.45) is 24.4. The molecule has 0 bridgehead atoms. The smallest absolute Gasteiger partial charge is 0.140 e. The van der Waals surface area contributed by atoms with Gasteiger partial charge in [0.15, 0.2) is 0 Å². The van der Waals surface area contributed by atoms with Crippen LogP contribution >= 0.6 is 0 Å². The van der Waals surface area contributed by atoms with E-state index in [1.165, 1.54) is 33.7 Å². The third-order valence-corrected chi connectivity index (χ3v) is 7.01. The Labute approximate surface area is 195 Å². The molecular formula is C30H25N3. The number of rotatable bonds is 3. The van der Waals surface area contributed by atoms with Crippen LogP contribution in [-0.4, -0.2) is 11.0 Å². The topological polar surface area (TPSA) is 39.9 Å². The van der Waals surface area contributed by atoms with E-state index < -0.39 is 0 Å². The summed E-state index contributed by atoms with van der Waals surface area (Å²) in [5.74, 6) is 0.430. The monoisotopic (exact) mass is 427 g/mol. The van der Waals surface area contributed by atoms with Gasteiger partial charge in [-0.25, -0.2) is 4.98 Å². The van der Waals surface area contributed by atoms with Crippen molar-refractivity contribution in [2.75, 3.05) is 4.90 Å². The average Bonchev–Trinajstić information content (AvgIpc) is 3.23. The molecule has 160 valence electrons. The van der Waals surface area contributed by atoms with E-state index in [-0.39, 0.29) is 0 Å². The number of nitrogens with zero attached hydrogens (tertiary/aromatic N) is 3. The van der Waals surface area contributed by atoms with Gasteiger partial charge in [-0.1, -0.05) is 60.7 Å². The van der Waals surface area contributed by atoms with Crippen LogP contribution in [-0.2, 0) is 0 Å². The van der Waals surface area contributed by atoms with Crippen molar-refractivity contribution in [3.05, 3.63) is 119 Å². The first-order valence-electron chi connectivity index (χ1n) is 11.7. The fraction of sp³-hybridized carbons (Fsp3) is 0.200.